The number of hydrogen-bond donors (Lipinski definition) is 1. The van der Waals surface area contributed by atoms with Crippen molar-refractivity contribution in [3.05, 3.63) is 53.3 Å². The quantitative estimate of drug-likeness (QED) is 0.867. The minimum Gasteiger partial charge on any atom is -0.504 e. The molecule has 0 saturated carbocycles. The van der Waals surface area contributed by atoms with E-state index < -0.39 is 5.97 Å². The summed E-state index contributed by atoms with van der Waals surface area (Å²) in [6, 6.07) is 9.52. The van der Waals surface area contributed by atoms with Crippen molar-refractivity contribution in [1.29, 1.82) is 0 Å². The van der Waals surface area contributed by atoms with Gasteiger partial charge in [0.2, 0.25) is 0 Å². The van der Waals surface area contributed by atoms with Gasteiger partial charge in [-0.15, -0.1) is 0 Å². The third-order valence-corrected chi connectivity index (χ3v) is 2.82. The van der Waals surface area contributed by atoms with Crippen LogP contribution >= 0.6 is 0 Å². The summed E-state index contributed by atoms with van der Waals surface area (Å²) >= 11 is 0. The van der Waals surface area contributed by atoms with Crippen molar-refractivity contribution in [2.75, 3.05) is 7.11 Å². The van der Waals surface area contributed by atoms with Crippen molar-refractivity contribution in [2.24, 2.45) is 0 Å². The Morgan fingerprint density at radius 1 is 1.30 bits per heavy atom. The number of aromatic nitrogens is 1. The van der Waals surface area contributed by atoms with Crippen LogP contribution in [0.15, 0.2) is 36.5 Å². The Bertz CT molecular complexity index is 611. The molecule has 5 nitrogen and oxygen atoms in total. The highest BCUT2D eigenvalue weighted by Crippen LogP contribution is 2.32. The zero-order valence-corrected chi connectivity index (χ0v) is 11.3. The van der Waals surface area contributed by atoms with Crippen molar-refractivity contribution in [3.8, 4) is 11.5 Å². The second-order valence-corrected chi connectivity index (χ2v) is 4.20. The molecule has 104 valence electrons. The summed E-state index contributed by atoms with van der Waals surface area (Å²) in [6.07, 6.45) is 1.27. The van der Waals surface area contributed by atoms with Crippen LogP contribution in [0.2, 0.25) is 0 Å². The van der Waals surface area contributed by atoms with Crippen molar-refractivity contribution in [2.45, 2.75) is 13.5 Å². The van der Waals surface area contributed by atoms with E-state index in [9.17, 15) is 9.90 Å². The van der Waals surface area contributed by atoms with Crippen LogP contribution in [-0.4, -0.2) is 23.2 Å². The Labute approximate surface area is 116 Å². The summed E-state index contributed by atoms with van der Waals surface area (Å²) in [5.74, 6) is -0.711. The number of methoxy groups -OCH3 is 1. The number of nitrogens with zero attached hydrogens (tertiary/aromatic N) is 1. The second kappa shape index (κ2) is 6.06. The lowest BCUT2D eigenvalue weighted by atomic mass is 10.2. The molecule has 0 unspecified atom stereocenters. The number of aromatic hydroxyl groups is 1. The lowest BCUT2D eigenvalue weighted by molar-refractivity contribution is 0.0596. The molecule has 20 heavy (non-hydrogen) atoms. The molecule has 1 aromatic carbocycles. The van der Waals surface area contributed by atoms with E-state index in [4.69, 9.17) is 4.74 Å². The number of benzene rings is 1. The number of ether oxygens (including phenoxy) is 2. The summed E-state index contributed by atoms with van der Waals surface area (Å²) in [4.78, 5) is 15.5. The van der Waals surface area contributed by atoms with Gasteiger partial charge in [0.15, 0.2) is 11.5 Å². The van der Waals surface area contributed by atoms with Gasteiger partial charge < -0.3 is 14.6 Å². The number of carbonyl (C=O) groups excluding carboxylic acids is 1. The third-order valence-electron chi connectivity index (χ3n) is 2.82. The van der Waals surface area contributed by atoms with Gasteiger partial charge in [-0.3, -0.25) is 4.98 Å². The normalized spacial score (nSPS) is 10.1. The van der Waals surface area contributed by atoms with Gasteiger partial charge in [0.25, 0.3) is 0 Å². The van der Waals surface area contributed by atoms with Crippen molar-refractivity contribution >= 4 is 5.97 Å². The van der Waals surface area contributed by atoms with Crippen molar-refractivity contribution in [1.82, 2.24) is 4.98 Å². The van der Waals surface area contributed by atoms with Gasteiger partial charge in [-0.05, 0) is 12.5 Å². The Hall–Kier alpha value is -2.56. The van der Waals surface area contributed by atoms with Gasteiger partial charge in [0, 0.05) is 6.20 Å². The number of rotatable bonds is 4. The molecule has 5 heteroatoms. The number of pyridine rings is 1. The van der Waals surface area contributed by atoms with Gasteiger partial charge in [-0.2, -0.15) is 0 Å². The molecule has 0 aliphatic heterocycles. The second-order valence-electron chi connectivity index (χ2n) is 4.20. The highest BCUT2D eigenvalue weighted by atomic mass is 16.5. The summed E-state index contributed by atoms with van der Waals surface area (Å²) in [5.41, 5.74) is 1.45. The van der Waals surface area contributed by atoms with E-state index in [-0.39, 0.29) is 23.7 Å². The standard InChI is InChI=1S/C15H15NO4/c1-10-14(20-9-11-6-4-3-5-7-11)13(17)12(8-16-10)15(18)19-2/h3-8H,9H2,1-2H3,(H,16,17). The van der Waals surface area contributed by atoms with Crippen LogP contribution < -0.4 is 4.74 Å². The zero-order valence-electron chi connectivity index (χ0n) is 11.3. The minimum absolute atomic E-state index is 0.0128. The Morgan fingerprint density at radius 2 is 2.00 bits per heavy atom. The van der Waals surface area contributed by atoms with Crippen LogP contribution in [0.5, 0.6) is 11.5 Å². The van der Waals surface area contributed by atoms with Crippen LogP contribution in [0, 0.1) is 6.92 Å². The van der Waals surface area contributed by atoms with E-state index >= 15 is 0 Å². The molecule has 0 bridgehead atoms. The Balaban J connectivity index is 2.25. The lowest BCUT2D eigenvalue weighted by Gasteiger charge is -2.12. The van der Waals surface area contributed by atoms with E-state index in [0.29, 0.717) is 5.69 Å². The molecule has 1 heterocycles. The fraction of sp³-hybridized carbons (Fsp3) is 0.200. The average Bonchev–Trinajstić information content (AvgIpc) is 2.47. The first-order valence-corrected chi connectivity index (χ1v) is 6.07. The van der Waals surface area contributed by atoms with Crippen molar-refractivity contribution in [3.63, 3.8) is 0 Å². The maximum Gasteiger partial charge on any atom is 0.343 e. The van der Waals surface area contributed by atoms with Gasteiger partial charge in [0.05, 0.1) is 12.8 Å². The highest BCUT2D eigenvalue weighted by Gasteiger charge is 2.19. The molecule has 0 saturated heterocycles. The predicted molar refractivity (Wildman–Crippen MR) is 72.8 cm³/mol. The molecule has 0 aliphatic carbocycles. The Kier molecular flexibility index (Phi) is 4.20. The first kappa shape index (κ1) is 13.9. The molecule has 1 N–H and O–H groups in total. The topological polar surface area (TPSA) is 68.7 Å². The van der Waals surface area contributed by atoms with Gasteiger partial charge >= 0.3 is 5.97 Å². The van der Waals surface area contributed by atoms with E-state index in [0.717, 1.165) is 5.56 Å². The highest BCUT2D eigenvalue weighted by molar-refractivity contribution is 5.93. The first-order chi connectivity index (χ1) is 9.63. The maximum atomic E-state index is 11.5. The summed E-state index contributed by atoms with van der Waals surface area (Å²) in [7, 11) is 1.24. The van der Waals surface area contributed by atoms with Gasteiger partial charge in [0.1, 0.15) is 12.2 Å². The molecule has 0 fully saturated rings. The van der Waals surface area contributed by atoms with Gasteiger partial charge in [-0.1, -0.05) is 30.3 Å². The molecule has 0 atom stereocenters. The maximum absolute atomic E-state index is 11.5. The molecule has 0 amide bonds. The van der Waals surface area contributed by atoms with Gasteiger partial charge in [-0.25, -0.2) is 4.79 Å². The molecule has 1 aromatic heterocycles. The Morgan fingerprint density at radius 3 is 2.65 bits per heavy atom. The zero-order chi connectivity index (χ0) is 14.5. The molecular formula is C15H15NO4. The lowest BCUT2D eigenvalue weighted by Crippen LogP contribution is -2.06. The van der Waals surface area contributed by atoms with E-state index in [1.165, 1.54) is 13.3 Å². The number of aryl methyl sites for hydroxylation is 1. The van der Waals surface area contributed by atoms with Crippen LogP contribution in [0.4, 0.5) is 0 Å². The molecule has 0 radical (unpaired) electrons. The molecular weight excluding hydrogens is 258 g/mol. The first-order valence-electron chi connectivity index (χ1n) is 6.07. The fourth-order valence-electron chi connectivity index (χ4n) is 1.74. The monoisotopic (exact) mass is 273 g/mol. The van der Waals surface area contributed by atoms with Crippen LogP contribution in [-0.2, 0) is 11.3 Å². The summed E-state index contributed by atoms with van der Waals surface area (Å²) in [5, 5.41) is 10.1. The molecule has 0 aliphatic rings. The fourth-order valence-corrected chi connectivity index (χ4v) is 1.74. The molecule has 2 aromatic rings. The third kappa shape index (κ3) is 2.88. The number of esters is 1. The summed E-state index contributed by atoms with van der Waals surface area (Å²) in [6.45, 7) is 1.97. The largest absolute Gasteiger partial charge is 0.504 e. The van der Waals surface area contributed by atoms with Crippen molar-refractivity contribution < 1.29 is 19.4 Å². The minimum atomic E-state index is -0.653. The molecule has 0 spiro atoms. The van der Waals surface area contributed by atoms with Crippen LogP contribution in [0.25, 0.3) is 0 Å². The number of carbonyl (C=O) groups is 1. The van der Waals surface area contributed by atoms with Crippen LogP contribution in [0.3, 0.4) is 0 Å². The van der Waals surface area contributed by atoms with Crippen LogP contribution in [0.1, 0.15) is 21.6 Å². The summed E-state index contributed by atoms with van der Waals surface area (Å²) < 4.78 is 10.1. The number of hydrogen-bond acceptors (Lipinski definition) is 5. The smallest absolute Gasteiger partial charge is 0.343 e. The van der Waals surface area contributed by atoms with E-state index in [1.807, 2.05) is 30.3 Å². The van der Waals surface area contributed by atoms with E-state index in [2.05, 4.69) is 9.72 Å². The van der Waals surface area contributed by atoms with E-state index in [1.54, 1.807) is 6.92 Å². The molecule has 2 rings (SSSR count). The SMILES string of the molecule is COC(=O)c1cnc(C)c(OCc2ccccc2)c1O. The predicted octanol–water partition coefficient (Wildman–Crippen LogP) is 2.46. The average molecular weight is 273 g/mol.